The van der Waals surface area contributed by atoms with E-state index in [-0.39, 0.29) is 11.5 Å². The largest absolute Gasteiger partial charge is 0.444 e. The lowest BCUT2D eigenvalue weighted by molar-refractivity contribution is 0.571. The molecule has 0 saturated heterocycles. The van der Waals surface area contributed by atoms with Crippen molar-refractivity contribution in [2.75, 3.05) is 0 Å². The first-order valence-electron chi connectivity index (χ1n) is 6.96. The molecule has 0 radical (unpaired) electrons. The smallest absolute Gasteiger partial charge is 0.226 e. The lowest BCUT2D eigenvalue weighted by Gasteiger charge is -2.02. The van der Waals surface area contributed by atoms with Crippen LogP contribution in [0.5, 0.6) is 0 Å². The number of rotatable bonds is 5. The second-order valence-corrected chi connectivity index (χ2v) is 7.67. The fourth-order valence-electron chi connectivity index (χ4n) is 2.23. The van der Waals surface area contributed by atoms with Crippen LogP contribution in [0.25, 0.3) is 11.5 Å². The first kappa shape index (κ1) is 15.8. The van der Waals surface area contributed by atoms with E-state index < -0.39 is 9.84 Å². The van der Waals surface area contributed by atoms with E-state index in [2.05, 4.69) is 4.98 Å². The molecule has 0 amide bonds. The summed E-state index contributed by atoms with van der Waals surface area (Å²) in [6.45, 7) is 0. The van der Waals surface area contributed by atoms with E-state index in [4.69, 9.17) is 16.0 Å². The average molecular weight is 348 g/mol. The summed E-state index contributed by atoms with van der Waals surface area (Å²) in [7, 11) is -3.31. The first-order chi connectivity index (χ1) is 11.0. The van der Waals surface area contributed by atoms with Crippen molar-refractivity contribution in [1.29, 1.82) is 0 Å². The molecule has 2 aromatic carbocycles. The Balaban J connectivity index is 1.76. The van der Waals surface area contributed by atoms with E-state index in [0.29, 0.717) is 22.2 Å². The Kier molecular flexibility index (Phi) is 4.50. The fourth-order valence-corrected chi connectivity index (χ4v) is 3.81. The molecule has 0 bridgehead atoms. The first-order valence-corrected chi connectivity index (χ1v) is 9.16. The minimum atomic E-state index is -3.31. The van der Waals surface area contributed by atoms with Gasteiger partial charge in [-0.15, -0.1) is 0 Å². The van der Waals surface area contributed by atoms with Gasteiger partial charge in [-0.1, -0.05) is 48.0 Å². The van der Waals surface area contributed by atoms with Crippen LogP contribution >= 0.6 is 11.6 Å². The minimum absolute atomic E-state index is 0.0206. The highest BCUT2D eigenvalue weighted by Gasteiger charge is 2.16. The predicted molar refractivity (Wildman–Crippen MR) is 89.7 cm³/mol. The number of hydrogen-bond acceptors (Lipinski definition) is 4. The van der Waals surface area contributed by atoms with Gasteiger partial charge >= 0.3 is 0 Å². The van der Waals surface area contributed by atoms with Crippen molar-refractivity contribution in [2.45, 2.75) is 11.5 Å². The molecule has 0 saturated carbocycles. The molecule has 0 atom stereocenters. The molecule has 0 N–H and O–H groups in total. The van der Waals surface area contributed by atoms with Gasteiger partial charge < -0.3 is 4.42 Å². The normalized spacial score (nSPS) is 11.5. The third-order valence-electron chi connectivity index (χ3n) is 3.22. The summed E-state index contributed by atoms with van der Waals surface area (Å²) in [6.07, 6.45) is 1.37. The molecule has 0 aliphatic heterocycles. The lowest BCUT2D eigenvalue weighted by atomic mass is 10.2. The average Bonchev–Trinajstić information content (AvgIpc) is 2.95. The Hall–Kier alpha value is -2.11. The van der Waals surface area contributed by atoms with E-state index in [1.54, 1.807) is 36.4 Å². The zero-order valence-electron chi connectivity index (χ0n) is 12.1. The second kappa shape index (κ2) is 6.56. The third-order valence-corrected chi connectivity index (χ3v) is 4.96. The number of nitrogens with zero attached hydrogens (tertiary/aromatic N) is 1. The van der Waals surface area contributed by atoms with Crippen LogP contribution in [0.4, 0.5) is 0 Å². The van der Waals surface area contributed by atoms with Gasteiger partial charge in [0.05, 0.1) is 17.2 Å². The SMILES string of the molecule is O=S(=O)(Cc1ccccc1)Cc1coc(-c2cccc(Cl)c2)n1. The Labute approximate surface area is 139 Å². The topological polar surface area (TPSA) is 60.2 Å². The van der Waals surface area contributed by atoms with Crippen LogP contribution in [-0.2, 0) is 21.3 Å². The number of halogens is 1. The molecule has 0 spiro atoms. The van der Waals surface area contributed by atoms with Crippen LogP contribution in [-0.4, -0.2) is 13.4 Å². The maximum atomic E-state index is 12.3. The number of sulfone groups is 1. The van der Waals surface area contributed by atoms with Gasteiger partial charge in [0.2, 0.25) is 5.89 Å². The Morgan fingerprint density at radius 2 is 1.78 bits per heavy atom. The van der Waals surface area contributed by atoms with Gasteiger partial charge in [0.1, 0.15) is 6.26 Å². The summed E-state index contributed by atoms with van der Waals surface area (Å²) in [4.78, 5) is 4.24. The summed E-state index contributed by atoms with van der Waals surface area (Å²) in [5.74, 6) is 0.177. The summed E-state index contributed by atoms with van der Waals surface area (Å²) in [6, 6.07) is 16.1. The standard InChI is InChI=1S/C17H14ClNO3S/c18-15-8-4-7-14(9-15)17-19-16(10-22-17)12-23(20,21)11-13-5-2-1-3-6-13/h1-10H,11-12H2. The van der Waals surface area contributed by atoms with E-state index in [0.717, 1.165) is 5.56 Å². The quantitative estimate of drug-likeness (QED) is 0.696. The minimum Gasteiger partial charge on any atom is -0.444 e. The number of aromatic nitrogens is 1. The van der Waals surface area contributed by atoms with Crippen molar-refractivity contribution in [3.8, 4) is 11.5 Å². The van der Waals surface area contributed by atoms with Crippen LogP contribution in [0.1, 0.15) is 11.3 Å². The Morgan fingerprint density at radius 1 is 1.00 bits per heavy atom. The van der Waals surface area contributed by atoms with Crippen LogP contribution in [0.2, 0.25) is 5.02 Å². The molecule has 0 unspecified atom stereocenters. The third kappa shape index (κ3) is 4.21. The molecular formula is C17H14ClNO3S. The van der Waals surface area contributed by atoms with E-state index in [1.807, 2.05) is 18.2 Å². The molecule has 23 heavy (non-hydrogen) atoms. The molecule has 4 nitrogen and oxygen atoms in total. The highest BCUT2D eigenvalue weighted by molar-refractivity contribution is 7.89. The Morgan fingerprint density at radius 3 is 2.52 bits per heavy atom. The highest BCUT2D eigenvalue weighted by atomic mass is 35.5. The van der Waals surface area contributed by atoms with Crippen molar-refractivity contribution in [3.63, 3.8) is 0 Å². The molecule has 0 fully saturated rings. The molecule has 1 aromatic heterocycles. The van der Waals surface area contributed by atoms with Crippen LogP contribution in [0.3, 0.4) is 0 Å². The number of benzene rings is 2. The van der Waals surface area contributed by atoms with Gasteiger partial charge in [0, 0.05) is 10.6 Å². The molecule has 3 rings (SSSR count). The van der Waals surface area contributed by atoms with Gasteiger partial charge in [-0.25, -0.2) is 13.4 Å². The number of hydrogen-bond donors (Lipinski definition) is 0. The van der Waals surface area contributed by atoms with Crippen molar-refractivity contribution in [2.24, 2.45) is 0 Å². The molecule has 118 valence electrons. The number of oxazole rings is 1. The maximum Gasteiger partial charge on any atom is 0.226 e. The summed E-state index contributed by atoms with van der Waals surface area (Å²) in [5.41, 5.74) is 1.85. The Bertz CT molecular complexity index is 904. The highest BCUT2D eigenvalue weighted by Crippen LogP contribution is 2.23. The van der Waals surface area contributed by atoms with Crippen molar-refractivity contribution >= 4 is 21.4 Å². The van der Waals surface area contributed by atoms with E-state index >= 15 is 0 Å². The maximum absolute atomic E-state index is 12.3. The molecule has 0 aliphatic rings. The van der Waals surface area contributed by atoms with Crippen molar-refractivity contribution in [3.05, 3.63) is 77.1 Å². The summed E-state index contributed by atoms with van der Waals surface area (Å²) >= 11 is 5.93. The molecule has 1 heterocycles. The second-order valence-electron chi connectivity index (χ2n) is 5.17. The van der Waals surface area contributed by atoms with Gasteiger partial charge in [-0.05, 0) is 23.8 Å². The zero-order chi connectivity index (χ0) is 16.3. The summed E-state index contributed by atoms with van der Waals surface area (Å²) in [5, 5.41) is 0.568. The lowest BCUT2D eigenvalue weighted by Crippen LogP contribution is -2.07. The summed E-state index contributed by atoms with van der Waals surface area (Å²) < 4.78 is 29.9. The monoisotopic (exact) mass is 347 g/mol. The molecule has 0 aliphatic carbocycles. The predicted octanol–water partition coefficient (Wildman–Crippen LogP) is 4.11. The fraction of sp³-hybridized carbons (Fsp3) is 0.118. The van der Waals surface area contributed by atoms with Crippen LogP contribution < -0.4 is 0 Å². The zero-order valence-corrected chi connectivity index (χ0v) is 13.7. The van der Waals surface area contributed by atoms with E-state index in [9.17, 15) is 8.42 Å². The van der Waals surface area contributed by atoms with Crippen LogP contribution in [0.15, 0.2) is 65.3 Å². The van der Waals surface area contributed by atoms with Crippen LogP contribution in [0, 0.1) is 0 Å². The van der Waals surface area contributed by atoms with Gasteiger partial charge in [0.25, 0.3) is 0 Å². The van der Waals surface area contributed by atoms with Gasteiger partial charge in [-0.2, -0.15) is 0 Å². The molecule has 3 aromatic rings. The van der Waals surface area contributed by atoms with E-state index in [1.165, 1.54) is 6.26 Å². The van der Waals surface area contributed by atoms with Gasteiger partial charge in [0.15, 0.2) is 9.84 Å². The van der Waals surface area contributed by atoms with Gasteiger partial charge in [-0.3, -0.25) is 0 Å². The van der Waals surface area contributed by atoms with Crippen molar-refractivity contribution in [1.82, 2.24) is 4.98 Å². The van der Waals surface area contributed by atoms with Crippen molar-refractivity contribution < 1.29 is 12.8 Å². The molecular weight excluding hydrogens is 334 g/mol. The molecule has 6 heteroatoms.